The van der Waals surface area contributed by atoms with Crippen LogP contribution >= 0.6 is 0 Å². The molecular weight excluding hydrogens is 631 g/mol. The molecule has 6 rings (SSSR count). The van der Waals surface area contributed by atoms with Crippen LogP contribution < -0.4 is 9.59 Å². The van der Waals surface area contributed by atoms with Crippen LogP contribution in [0, 0.1) is 42.5 Å². The summed E-state index contributed by atoms with van der Waals surface area (Å²) >= 11 is 0. The predicted octanol–water partition coefficient (Wildman–Crippen LogP) is 9.98. The van der Waals surface area contributed by atoms with E-state index >= 15 is 0 Å². The summed E-state index contributed by atoms with van der Waals surface area (Å²) in [5, 5.41) is 1.17. The average molecular weight is 688 g/mol. The lowest BCUT2D eigenvalue weighted by Gasteiger charge is -2.36. The summed E-state index contributed by atoms with van der Waals surface area (Å²) in [6.45, 7) is 23.6. The first-order chi connectivity index (χ1) is 25.2. The number of benzene rings is 1. The molecule has 268 valence electrons. The quantitative estimate of drug-likeness (QED) is 0.120. The highest BCUT2D eigenvalue weighted by Gasteiger charge is 2.29. The molecular formula is C49H57N3. The van der Waals surface area contributed by atoms with Crippen molar-refractivity contribution in [2.24, 2.45) is 17.8 Å². The highest BCUT2D eigenvalue weighted by Crippen LogP contribution is 2.41. The summed E-state index contributed by atoms with van der Waals surface area (Å²) in [6.07, 6.45) is 37.2. The van der Waals surface area contributed by atoms with Gasteiger partial charge in [-0.25, -0.2) is 4.24 Å². The third kappa shape index (κ3) is 9.06. The SMILES string of the molecule is C=CC(=C(C)C)[C-]1C=CC(CC[C@H]2C[C@@H](CCC3=C[N+](=C)[C-](c4ccccc4)C=C3)C[C@@H](CCc3cc/c(=C4\C=CC=C[C-]4C)[n+](=C)c3)C2)=C[N+]1=C. The number of aryl methyl sites for hydroxylation is 1. The Hall–Kier alpha value is -5.02. The summed E-state index contributed by atoms with van der Waals surface area (Å²) in [7, 11) is 0. The molecule has 52 heavy (non-hydrogen) atoms. The van der Waals surface area contributed by atoms with Crippen LogP contribution in [0.1, 0.15) is 83.3 Å². The van der Waals surface area contributed by atoms with Gasteiger partial charge in [0.1, 0.15) is 36.6 Å². The van der Waals surface area contributed by atoms with Gasteiger partial charge in [-0.3, -0.25) is 9.15 Å². The minimum atomic E-state index is 0.725. The molecule has 1 aromatic heterocycles. The molecule has 3 heteroatoms. The molecule has 1 fully saturated rings. The summed E-state index contributed by atoms with van der Waals surface area (Å²) in [5.74, 6) is 3.45. The molecule has 2 aliphatic heterocycles. The highest BCUT2D eigenvalue weighted by atomic mass is 15.0. The molecule has 0 amide bonds. The van der Waals surface area contributed by atoms with Crippen molar-refractivity contribution in [1.29, 1.82) is 0 Å². The van der Waals surface area contributed by atoms with Crippen LogP contribution in [-0.2, 0) is 6.42 Å². The van der Waals surface area contributed by atoms with Gasteiger partial charge in [0, 0.05) is 5.56 Å². The number of pyridine rings is 1. The molecule has 0 spiro atoms. The van der Waals surface area contributed by atoms with Gasteiger partial charge in [0.05, 0.1) is 13.4 Å². The fourth-order valence-corrected chi connectivity index (χ4v) is 8.53. The van der Waals surface area contributed by atoms with Crippen molar-refractivity contribution in [2.75, 3.05) is 0 Å². The third-order valence-corrected chi connectivity index (χ3v) is 11.3. The van der Waals surface area contributed by atoms with Gasteiger partial charge in [0.25, 0.3) is 0 Å². The average Bonchev–Trinajstić information content (AvgIpc) is 3.14. The monoisotopic (exact) mass is 687 g/mol. The number of allylic oxidation sites excluding steroid dienone is 9. The van der Waals surface area contributed by atoms with E-state index < -0.39 is 0 Å². The first-order valence-electron chi connectivity index (χ1n) is 19.2. The molecule has 4 aliphatic rings. The summed E-state index contributed by atoms with van der Waals surface area (Å²) < 4.78 is 6.15. The molecule has 0 N–H and O–H groups in total. The van der Waals surface area contributed by atoms with Gasteiger partial charge in [-0.2, -0.15) is 0 Å². The van der Waals surface area contributed by atoms with Crippen LogP contribution in [0.2, 0.25) is 0 Å². The van der Waals surface area contributed by atoms with E-state index in [-0.39, 0.29) is 0 Å². The molecule has 3 atom stereocenters. The molecule has 2 aromatic rings. The number of aromatic nitrogens is 1. The fourth-order valence-electron chi connectivity index (χ4n) is 8.53. The van der Waals surface area contributed by atoms with Crippen molar-refractivity contribution in [3.05, 3.63) is 186 Å². The van der Waals surface area contributed by atoms with E-state index in [2.05, 4.69) is 161 Å². The number of nitrogens with zero attached hydrogens (tertiary/aromatic N) is 3. The Balaban J connectivity index is 1.11. The van der Waals surface area contributed by atoms with Crippen LogP contribution in [0.15, 0.2) is 145 Å². The van der Waals surface area contributed by atoms with E-state index in [1.165, 1.54) is 83.2 Å². The predicted molar refractivity (Wildman–Crippen MR) is 219 cm³/mol. The van der Waals surface area contributed by atoms with Crippen LogP contribution in [0.25, 0.3) is 5.57 Å². The minimum Gasteiger partial charge on any atom is -0.255 e. The Bertz CT molecular complexity index is 1990. The Kier molecular flexibility index (Phi) is 12.0. The molecule has 3 heterocycles. The first kappa shape index (κ1) is 36.8. The number of hydrogen-bond donors (Lipinski definition) is 0. The van der Waals surface area contributed by atoms with Crippen LogP contribution in [0.5, 0.6) is 0 Å². The lowest BCUT2D eigenvalue weighted by Crippen LogP contribution is -2.38. The molecule has 0 radical (unpaired) electrons. The maximum atomic E-state index is 4.38. The maximum Gasteiger partial charge on any atom is 0.168 e. The lowest BCUT2D eigenvalue weighted by molar-refractivity contribution is -0.514. The van der Waals surface area contributed by atoms with Crippen LogP contribution in [0.3, 0.4) is 0 Å². The van der Waals surface area contributed by atoms with Crippen molar-refractivity contribution in [3.8, 4) is 0 Å². The van der Waals surface area contributed by atoms with E-state index in [1.54, 1.807) is 0 Å². The normalized spacial score (nSPS) is 22.4. The smallest absolute Gasteiger partial charge is 0.168 e. The number of rotatable bonds is 12. The van der Waals surface area contributed by atoms with Gasteiger partial charge in [0.15, 0.2) is 6.20 Å². The molecule has 0 bridgehead atoms. The largest absolute Gasteiger partial charge is 0.255 e. The van der Waals surface area contributed by atoms with Crippen molar-refractivity contribution < 1.29 is 13.4 Å². The van der Waals surface area contributed by atoms with Crippen molar-refractivity contribution in [1.82, 2.24) is 0 Å². The molecule has 2 aliphatic carbocycles. The highest BCUT2D eigenvalue weighted by molar-refractivity contribution is 5.72. The molecule has 1 aromatic carbocycles. The van der Waals surface area contributed by atoms with Crippen LogP contribution in [-0.4, -0.2) is 22.6 Å². The standard InChI is InChI=1S/C49H57N3/c1-8-45(36(2)3)48-28-25-39(34-51(48)6)19-22-42-30-41(21-18-38-24-27-47(50(5)33-38)44-15-10-9-11-16-44)31-43(32-42)23-20-40-26-29-49(52(7)35-40)46-17-13-12-14-37(46)4/h8-17,24-29,33-35,41-43H,1,5-7,18-23,30-32H2,2-4H3/b49-46-/t41-,42+,43-/m1/s1. The van der Waals surface area contributed by atoms with Gasteiger partial charge < -0.3 is 0 Å². The van der Waals surface area contributed by atoms with Crippen LogP contribution in [0.4, 0.5) is 0 Å². The summed E-state index contributed by atoms with van der Waals surface area (Å²) in [5.41, 5.74) is 8.97. The van der Waals surface area contributed by atoms with E-state index in [1.807, 2.05) is 15.2 Å². The van der Waals surface area contributed by atoms with Crippen molar-refractivity contribution >= 4 is 19.0 Å². The zero-order valence-electron chi connectivity index (χ0n) is 31.7. The Morgan fingerprint density at radius 2 is 1.38 bits per heavy atom. The van der Waals surface area contributed by atoms with Gasteiger partial charge in [-0.05, 0) is 116 Å². The minimum absolute atomic E-state index is 0.725. The topological polar surface area (TPSA) is 11.9 Å². The zero-order chi connectivity index (χ0) is 36.6. The second-order valence-electron chi connectivity index (χ2n) is 15.4. The Labute approximate surface area is 313 Å². The van der Waals surface area contributed by atoms with E-state index in [9.17, 15) is 0 Å². The van der Waals surface area contributed by atoms with Crippen molar-refractivity contribution in [3.63, 3.8) is 0 Å². The van der Waals surface area contributed by atoms with Gasteiger partial charge in [0.2, 0.25) is 0 Å². The van der Waals surface area contributed by atoms with E-state index in [0.717, 1.165) is 54.7 Å². The lowest BCUT2D eigenvalue weighted by atomic mass is 9.70. The molecule has 1 saturated carbocycles. The maximum absolute atomic E-state index is 4.38. The number of hydrogen-bond acceptors (Lipinski definition) is 0. The van der Waals surface area contributed by atoms with E-state index in [4.69, 9.17) is 0 Å². The summed E-state index contributed by atoms with van der Waals surface area (Å²) in [4.78, 5) is 0. The second-order valence-corrected chi connectivity index (χ2v) is 15.4. The first-order valence-corrected chi connectivity index (χ1v) is 19.2. The second kappa shape index (κ2) is 17.0. The zero-order valence-corrected chi connectivity index (χ0v) is 31.7. The molecule has 0 saturated heterocycles. The Morgan fingerprint density at radius 1 is 0.750 bits per heavy atom. The van der Waals surface area contributed by atoms with Gasteiger partial charge in [-0.15, -0.1) is 60.6 Å². The molecule has 3 nitrogen and oxygen atoms in total. The summed E-state index contributed by atoms with van der Waals surface area (Å²) in [6, 6.07) is 17.4. The molecule has 0 unspecified atom stereocenters. The third-order valence-electron chi connectivity index (χ3n) is 11.3. The van der Waals surface area contributed by atoms with Gasteiger partial charge >= 0.3 is 0 Å². The van der Waals surface area contributed by atoms with Gasteiger partial charge in [-0.1, -0.05) is 62.8 Å². The fraction of sp³-hybridized carbons (Fsp3) is 0.306. The Morgan fingerprint density at radius 3 is 1.96 bits per heavy atom. The van der Waals surface area contributed by atoms with E-state index in [0.29, 0.717) is 0 Å². The van der Waals surface area contributed by atoms with Crippen molar-refractivity contribution in [2.45, 2.75) is 78.6 Å².